The van der Waals surface area contributed by atoms with Crippen LogP contribution in [0.5, 0.6) is 0 Å². The fourth-order valence-corrected chi connectivity index (χ4v) is 3.45. The van der Waals surface area contributed by atoms with Crippen LogP contribution in [0.3, 0.4) is 0 Å². The van der Waals surface area contributed by atoms with Gasteiger partial charge in [-0.2, -0.15) is 0 Å². The topological polar surface area (TPSA) is 47.3 Å². The predicted octanol–water partition coefficient (Wildman–Crippen LogP) is 1.83. The number of nitrogens with two attached hydrogens (primary N) is 1. The molecule has 0 aromatic rings. The summed E-state index contributed by atoms with van der Waals surface area (Å²) in [6, 6.07) is 0.490. The summed E-state index contributed by atoms with van der Waals surface area (Å²) in [4.78, 5) is 0. The number of hydrazine groups is 1. The Bertz CT molecular complexity index is 196. The van der Waals surface area contributed by atoms with E-state index in [1.54, 1.807) is 0 Å². The Morgan fingerprint density at radius 2 is 1.87 bits per heavy atom. The lowest BCUT2D eigenvalue weighted by Crippen LogP contribution is -2.51. The number of hydrogen-bond donors (Lipinski definition) is 2. The first kappa shape index (κ1) is 11.4. The van der Waals surface area contributed by atoms with E-state index in [1.807, 2.05) is 0 Å². The standard InChI is InChI=1S/C12H24N2O/c1-12(6-2-3-7-12)11(14-13)10-4-8-15-9-5-10/h10-11,14H,2-9,13H2,1H3. The van der Waals surface area contributed by atoms with Crippen molar-refractivity contribution in [1.29, 1.82) is 0 Å². The number of ether oxygens (including phenoxy) is 1. The van der Waals surface area contributed by atoms with Crippen molar-refractivity contribution in [3.05, 3.63) is 0 Å². The lowest BCUT2D eigenvalue weighted by atomic mass is 9.72. The summed E-state index contributed by atoms with van der Waals surface area (Å²) >= 11 is 0. The van der Waals surface area contributed by atoms with Gasteiger partial charge in [-0.1, -0.05) is 19.8 Å². The van der Waals surface area contributed by atoms with Crippen molar-refractivity contribution in [2.24, 2.45) is 17.2 Å². The lowest BCUT2D eigenvalue weighted by molar-refractivity contribution is 0.0289. The van der Waals surface area contributed by atoms with Crippen LogP contribution in [-0.2, 0) is 4.74 Å². The maximum Gasteiger partial charge on any atom is 0.0469 e. The Balaban J connectivity index is 2.01. The van der Waals surface area contributed by atoms with Gasteiger partial charge in [-0.3, -0.25) is 11.3 Å². The van der Waals surface area contributed by atoms with Crippen molar-refractivity contribution >= 4 is 0 Å². The molecule has 2 fully saturated rings. The second-order valence-electron chi connectivity index (χ2n) is 5.46. The van der Waals surface area contributed by atoms with Crippen molar-refractivity contribution in [2.45, 2.75) is 51.5 Å². The highest BCUT2D eigenvalue weighted by atomic mass is 16.5. The van der Waals surface area contributed by atoms with Crippen LogP contribution < -0.4 is 11.3 Å². The van der Waals surface area contributed by atoms with Gasteiger partial charge in [-0.25, -0.2) is 0 Å². The minimum atomic E-state index is 0.427. The van der Waals surface area contributed by atoms with E-state index in [-0.39, 0.29) is 0 Å². The third kappa shape index (κ3) is 2.35. The van der Waals surface area contributed by atoms with E-state index < -0.39 is 0 Å². The van der Waals surface area contributed by atoms with E-state index in [9.17, 15) is 0 Å². The Hall–Kier alpha value is -0.120. The van der Waals surface area contributed by atoms with Crippen LogP contribution in [0.1, 0.15) is 45.4 Å². The van der Waals surface area contributed by atoms with Crippen molar-refractivity contribution in [3.63, 3.8) is 0 Å². The van der Waals surface area contributed by atoms with Crippen molar-refractivity contribution in [1.82, 2.24) is 5.43 Å². The highest BCUT2D eigenvalue weighted by Gasteiger charge is 2.40. The average Bonchev–Trinajstić information content (AvgIpc) is 2.68. The molecule has 0 aromatic carbocycles. The largest absolute Gasteiger partial charge is 0.381 e. The first-order chi connectivity index (χ1) is 7.26. The summed E-state index contributed by atoms with van der Waals surface area (Å²) in [6.45, 7) is 4.23. The second kappa shape index (κ2) is 4.81. The van der Waals surface area contributed by atoms with E-state index in [0.29, 0.717) is 17.4 Å². The molecule has 1 heterocycles. The first-order valence-electron chi connectivity index (χ1n) is 6.30. The average molecular weight is 212 g/mol. The molecule has 3 heteroatoms. The minimum Gasteiger partial charge on any atom is -0.381 e. The molecule has 88 valence electrons. The second-order valence-corrected chi connectivity index (χ2v) is 5.46. The lowest BCUT2D eigenvalue weighted by Gasteiger charge is -2.40. The van der Waals surface area contributed by atoms with E-state index in [1.165, 1.54) is 38.5 Å². The Kier molecular flexibility index (Phi) is 3.65. The highest BCUT2D eigenvalue weighted by molar-refractivity contribution is 4.94. The van der Waals surface area contributed by atoms with Crippen molar-refractivity contribution in [2.75, 3.05) is 13.2 Å². The molecule has 15 heavy (non-hydrogen) atoms. The van der Waals surface area contributed by atoms with Gasteiger partial charge in [-0.15, -0.1) is 0 Å². The summed E-state index contributed by atoms with van der Waals surface area (Å²) in [6.07, 6.45) is 7.75. The number of nitrogens with one attached hydrogen (secondary N) is 1. The zero-order valence-corrected chi connectivity index (χ0v) is 9.80. The zero-order chi connectivity index (χ0) is 10.7. The molecular formula is C12H24N2O. The Labute approximate surface area is 92.7 Å². The van der Waals surface area contributed by atoms with Crippen LogP contribution in [0, 0.1) is 11.3 Å². The smallest absolute Gasteiger partial charge is 0.0469 e. The molecule has 1 saturated carbocycles. The molecule has 0 bridgehead atoms. The maximum atomic E-state index is 5.78. The monoisotopic (exact) mass is 212 g/mol. The molecule has 1 saturated heterocycles. The molecule has 0 spiro atoms. The van der Waals surface area contributed by atoms with Gasteiger partial charge in [0.15, 0.2) is 0 Å². The summed E-state index contributed by atoms with van der Waals surface area (Å²) < 4.78 is 5.42. The number of hydrogen-bond acceptors (Lipinski definition) is 3. The molecule has 3 N–H and O–H groups in total. The van der Waals surface area contributed by atoms with Crippen molar-refractivity contribution < 1.29 is 4.74 Å². The summed E-state index contributed by atoms with van der Waals surface area (Å²) in [5.41, 5.74) is 3.53. The summed E-state index contributed by atoms with van der Waals surface area (Å²) in [7, 11) is 0. The third-order valence-corrected chi connectivity index (χ3v) is 4.41. The first-order valence-corrected chi connectivity index (χ1v) is 6.30. The fourth-order valence-electron chi connectivity index (χ4n) is 3.45. The van der Waals surface area contributed by atoms with Gasteiger partial charge in [-0.05, 0) is 37.0 Å². The Morgan fingerprint density at radius 3 is 2.40 bits per heavy atom. The zero-order valence-electron chi connectivity index (χ0n) is 9.80. The molecule has 0 amide bonds. The van der Waals surface area contributed by atoms with E-state index in [4.69, 9.17) is 10.6 Å². The predicted molar refractivity (Wildman–Crippen MR) is 61.2 cm³/mol. The summed E-state index contributed by atoms with van der Waals surface area (Å²) in [5, 5.41) is 0. The molecule has 2 rings (SSSR count). The molecular weight excluding hydrogens is 188 g/mol. The van der Waals surface area contributed by atoms with Crippen LogP contribution in [0.2, 0.25) is 0 Å². The maximum absolute atomic E-state index is 5.78. The van der Waals surface area contributed by atoms with Crippen LogP contribution in [0.15, 0.2) is 0 Å². The minimum absolute atomic E-state index is 0.427. The third-order valence-electron chi connectivity index (χ3n) is 4.41. The van der Waals surface area contributed by atoms with Gasteiger partial charge in [0.1, 0.15) is 0 Å². The van der Waals surface area contributed by atoms with Gasteiger partial charge < -0.3 is 4.74 Å². The van der Waals surface area contributed by atoms with Crippen molar-refractivity contribution in [3.8, 4) is 0 Å². The molecule has 0 radical (unpaired) electrons. The van der Waals surface area contributed by atoms with Crippen LogP contribution in [0.4, 0.5) is 0 Å². The quantitative estimate of drug-likeness (QED) is 0.554. The molecule has 1 unspecified atom stereocenters. The van der Waals surface area contributed by atoms with E-state index in [2.05, 4.69) is 12.3 Å². The van der Waals surface area contributed by atoms with E-state index >= 15 is 0 Å². The molecule has 2 aliphatic rings. The Morgan fingerprint density at radius 1 is 1.27 bits per heavy atom. The number of rotatable bonds is 3. The van der Waals surface area contributed by atoms with Gasteiger partial charge in [0, 0.05) is 19.3 Å². The van der Waals surface area contributed by atoms with Gasteiger partial charge in [0.2, 0.25) is 0 Å². The molecule has 3 nitrogen and oxygen atoms in total. The molecule has 1 aliphatic carbocycles. The molecule has 1 atom stereocenters. The fraction of sp³-hybridized carbons (Fsp3) is 1.00. The summed E-state index contributed by atoms with van der Waals surface area (Å²) in [5.74, 6) is 6.49. The van der Waals surface area contributed by atoms with Gasteiger partial charge >= 0.3 is 0 Å². The van der Waals surface area contributed by atoms with E-state index in [0.717, 1.165) is 13.2 Å². The van der Waals surface area contributed by atoms with Gasteiger partial charge in [0.25, 0.3) is 0 Å². The van der Waals surface area contributed by atoms with Crippen LogP contribution in [-0.4, -0.2) is 19.3 Å². The SMILES string of the molecule is CC1(C(NN)C2CCOCC2)CCCC1. The van der Waals surface area contributed by atoms with Gasteiger partial charge in [0.05, 0.1) is 0 Å². The molecule has 1 aliphatic heterocycles. The van der Waals surface area contributed by atoms with Crippen LogP contribution in [0.25, 0.3) is 0 Å². The highest BCUT2D eigenvalue weighted by Crippen LogP contribution is 2.44. The normalized spacial score (nSPS) is 29.2. The molecule has 0 aromatic heterocycles. The van der Waals surface area contributed by atoms with Crippen LogP contribution >= 0.6 is 0 Å².